The Morgan fingerprint density at radius 3 is 2.60 bits per heavy atom. The second-order valence-corrected chi connectivity index (χ2v) is 6.98. The molecule has 0 bridgehead atoms. The van der Waals surface area contributed by atoms with Crippen molar-refractivity contribution in [3.63, 3.8) is 0 Å². The fourth-order valence-electron chi connectivity index (χ4n) is 3.32. The lowest BCUT2D eigenvalue weighted by atomic mass is 9.83. The summed E-state index contributed by atoms with van der Waals surface area (Å²) < 4.78 is 14.7. The molecular weight excluding hydrogens is 317 g/mol. The van der Waals surface area contributed by atoms with Crippen molar-refractivity contribution in [1.29, 1.82) is 0 Å². The Hall–Kier alpha value is -0.410. The molecule has 1 fully saturated rings. The smallest absolute Gasteiger partial charge is 0.129 e. The lowest BCUT2D eigenvalue weighted by Gasteiger charge is -2.31. The van der Waals surface area contributed by atoms with Gasteiger partial charge in [0, 0.05) is 22.1 Å². The van der Waals surface area contributed by atoms with Crippen LogP contribution >= 0.6 is 15.9 Å². The summed E-state index contributed by atoms with van der Waals surface area (Å²) in [5, 5.41) is 3.60. The van der Waals surface area contributed by atoms with E-state index < -0.39 is 0 Å². The van der Waals surface area contributed by atoms with E-state index in [0.717, 1.165) is 16.0 Å². The van der Waals surface area contributed by atoms with Gasteiger partial charge in [0.05, 0.1) is 0 Å². The van der Waals surface area contributed by atoms with Crippen LogP contribution in [0.3, 0.4) is 0 Å². The summed E-state index contributed by atoms with van der Waals surface area (Å²) in [6.45, 7) is 4.33. The summed E-state index contributed by atoms with van der Waals surface area (Å²) in [6, 6.07) is 5.96. The van der Waals surface area contributed by atoms with Crippen LogP contribution in [0.25, 0.3) is 0 Å². The SMILES string of the molecule is CCCC1CCC(NC(C)c2ccc(Br)cc2F)CC1. The van der Waals surface area contributed by atoms with Gasteiger partial charge in [0.15, 0.2) is 0 Å². The average molecular weight is 342 g/mol. The Labute approximate surface area is 130 Å². The van der Waals surface area contributed by atoms with Gasteiger partial charge in [0.25, 0.3) is 0 Å². The molecule has 0 aliphatic heterocycles. The van der Waals surface area contributed by atoms with E-state index in [2.05, 4.69) is 35.1 Å². The topological polar surface area (TPSA) is 12.0 Å². The summed E-state index contributed by atoms with van der Waals surface area (Å²) in [4.78, 5) is 0. The van der Waals surface area contributed by atoms with E-state index >= 15 is 0 Å². The van der Waals surface area contributed by atoms with Gasteiger partial charge in [-0.05, 0) is 50.7 Å². The van der Waals surface area contributed by atoms with Crippen LogP contribution in [-0.4, -0.2) is 6.04 Å². The minimum atomic E-state index is -0.126. The predicted molar refractivity (Wildman–Crippen MR) is 86.3 cm³/mol. The maximum absolute atomic E-state index is 13.9. The predicted octanol–water partition coefficient (Wildman–Crippen LogP) is 5.60. The van der Waals surface area contributed by atoms with Gasteiger partial charge in [-0.25, -0.2) is 4.39 Å². The van der Waals surface area contributed by atoms with E-state index in [9.17, 15) is 4.39 Å². The fourth-order valence-corrected chi connectivity index (χ4v) is 3.66. The first kappa shape index (κ1) is 16.0. The standard InChI is InChI=1S/C17H25BrFN/c1-3-4-13-5-8-15(9-6-13)20-12(2)16-10-7-14(18)11-17(16)19/h7,10-13,15,20H,3-6,8-9H2,1-2H3. The van der Waals surface area contributed by atoms with E-state index in [1.165, 1.54) is 38.5 Å². The molecule has 112 valence electrons. The number of nitrogens with one attached hydrogen (secondary N) is 1. The van der Waals surface area contributed by atoms with Gasteiger partial charge in [0.1, 0.15) is 5.82 Å². The van der Waals surface area contributed by atoms with Crippen molar-refractivity contribution < 1.29 is 4.39 Å². The number of benzene rings is 1. The van der Waals surface area contributed by atoms with E-state index in [1.807, 2.05) is 12.1 Å². The molecule has 0 aromatic heterocycles. The van der Waals surface area contributed by atoms with Crippen LogP contribution in [0.15, 0.2) is 22.7 Å². The zero-order chi connectivity index (χ0) is 14.5. The maximum Gasteiger partial charge on any atom is 0.129 e. The molecule has 1 atom stereocenters. The molecule has 0 amide bonds. The highest BCUT2D eigenvalue weighted by atomic mass is 79.9. The van der Waals surface area contributed by atoms with Crippen molar-refractivity contribution in [1.82, 2.24) is 5.32 Å². The Bertz CT molecular complexity index is 427. The second kappa shape index (κ2) is 7.56. The molecule has 1 N–H and O–H groups in total. The number of hydrogen-bond donors (Lipinski definition) is 1. The van der Waals surface area contributed by atoms with Crippen molar-refractivity contribution in [2.75, 3.05) is 0 Å². The van der Waals surface area contributed by atoms with Crippen molar-refractivity contribution >= 4 is 15.9 Å². The van der Waals surface area contributed by atoms with Gasteiger partial charge in [0.2, 0.25) is 0 Å². The molecular formula is C17H25BrFN. The number of halogens is 2. The van der Waals surface area contributed by atoms with Crippen LogP contribution in [0.5, 0.6) is 0 Å². The van der Waals surface area contributed by atoms with E-state index in [-0.39, 0.29) is 11.9 Å². The first-order valence-corrected chi connectivity index (χ1v) is 8.60. The summed E-state index contributed by atoms with van der Waals surface area (Å²) in [7, 11) is 0. The average Bonchev–Trinajstić information content (AvgIpc) is 2.41. The molecule has 0 saturated heterocycles. The third kappa shape index (κ3) is 4.29. The third-order valence-electron chi connectivity index (χ3n) is 4.46. The molecule has 1 aromatic carbocycles. The van der Waals surface area contributed by atoms with Crippen LogP contribution in [0.2, 0.25) is 0 Å². The summed E-state index contributed by atoms with van der Waals surface area (Å²) >= 11 is 3.30. The van der Waals surface area contributed by atoms with Crippen LogP contribution in [0, 0.1) is 11.7 Å². The highest BCUT2D eigenvalue weighted by Gasteiger charge is 2.22. The number of rotatable bonds is 5. The van der Waals surface area contributed by atoms with Gasteiger partial charge in [-0.15, -0.1) is 0 Å². The first-order chi connectivity index (χ1) is 9.60. The zero-order valence-electron chi connectivity index (χ0n) is 12.5. The summed E-state index contributed by atoms with van der Waals surface area (Å²) in [6.07, 6.45) is 7.76. The third-order valence-corrected chi connectivity index (χ3v) is 4.95. The molecule has 1 saturated carbocycles. The van der Waals surface area contributed by atoms with Gasteiger partial charge in [-0.1, -0.05) is 41.8 Å². The molecule has 1 aliphatic rings. The fraction of sp³-hybridized carbons (Fsp3) is 0.647. The van der Waals surface area contributed by atoms with Crippen molar-refractivity contribution in [3.05, 3.63) is 34.1 Å². The first-order valence-electron chi connectivity index (χ1n) is 7.81. The molecule has 0 spiro atoms. The zero-order valence-corrected chi connectivity index (χ0v) is 14.0. The lowest BCUT2D eigenvalue weighted by Crippen LogP contribution is -2.35. The molecule has 0 radical (unpaired) electrons. The van der Waals surface area contributed by atoms with Gasteiger partial charge < -0.3 is 5.32 Å². The molecule has 0 heterocycles. The molecule has 1 aromatic rings. The Balaban J connectivity index is 1.87. The van der Waals surface area contributed by atoms with E-state index in [1.54, 1.807) is 6.07 Å². The van der Waals surface area contributed by atoms with Crippen molar-refractivity contribution in [2.45, 2.75) is 64.5 Å². The van der Waals surface area contributed by atoms with Crippen LogP contribution in [0.4, 0.5) is 4.39 Å². The van der Waals surface area contributed by atoms with Crippen molar-refractivity contribution in [3.8, 4) is 0 Å². The lowest BCUT2D eigenvalue weighted by molar-refractivity contribution is 0.265. The highest BCUT2D eigenvalue weighted by Crippen LogP contribution is 2.29. The number of hydrogen-bond acceptors (Lipinski definition) is 1. The van der Waals surface area contributed by atoms with Gasteiger partial charge in [-0.2, -0.15) is 0 Å². The molecule has 1 unspecified atom stereocenters. The Morgan fingerprint density at radius 2 is 2.00 bits per heavy atom. The van der Waals surface area contributed by atoms with E-state index in [4.69, 9.17) is 0 Å². The molecule has 20 heavy (non-hydrogen) atoms. The largest absolute Gasteiger partial charge is 0.307 e. The Morgan fingerprint density at radius 1 is 1.30 bits per heavy atom. The molecule has 2 rings (SSSR count). The monoisotopic (exact) mass is 341 g/mol. The molecule has 3 heteroatoms. The summed E-state index contributed by atoms with van der Waals surface area (Å²) in [5.41, 5.74) is 0.767. The van der Waals surface area contributed by atoms with Gasteiger partial charge >= 0.3 is 0 Å². The van der Waals surface area contributed by atoms with Crippen LogP contribution < -0.4 is 5.32 Å². The van der Waals surface area contributed by atoms with Crippen molar-refractivity contribution in [2.24, 2.45) is 5.92 Å². The maximum atomic E-state index is 13.9. The summed E-state index contributed by atoms with van der Waals surface area (Å²) in [5.74, 6) is 0.789. The normalized spacial score (nSPS) is 24.6. The second-order valence-electron chi connectivity index (χ2n) is 6.06. The van der Waals surface area contributed by atoms with Crippen LogP contribution in [-0.2, 0) is 0 Å². The quantitative estimate of drug-likeness (QED) is 0.735. The Kier molecular flexibility index (Phi) is 6.03. The minimum absolute atomic E-state index is 0.0795. The van der Waals surface area contributed by atoms with Crippen LogP contribution in [0.1, 0.15) is 64.0 Å². The van der Waals surface area contributed by atoms with E-state index in [0.29, 0.717) is 6.04 Å². The molecule has 1 nitrogen and oxygen atoms in total. The highest BCUT2D eigenvalue weighted by molar-refractivity contribution is 9.10. The minimum Gasteiger partial charge on any atom is -0.307 e. The molecule has 1 aliphatic carbocycles. The van der Waals surface area contributed by atoms with Gasteiger partial charge in [-0.3, -0.25) is 0 Å².